The van der Waals surface area contributed by atoms with Crippen molar-refractivity contribution >= 4 is 46.4 Å². The summed E-state index contributed by atoms with van der Waals surface area (Å²) in [4.78, 5) is 26.5. The molecule has 1 aliphatic heterocycles. The molecule has 0 saturated carbocycles. The number of hydrogen-bond acceptors (Lipinski definition) is 2. The Morgan fingerprint density at radius 3 is 2.56 bits per heavy atom. The lowest BCUT2D eigenvalue weighted by Gasteiger charge is -2.18. The molecule has 1 heterocycles. The fraction of sp³-hybridized carbons (Fsp3) is 0.263. The van der Waals surface area contributed by atoms with Crippen LogP contribution in [0, 0.1) is 19.8 Å². The summed E-state index contributed by atoms with van der Waals surface area (Å²) in [6.45, 7) is 4.14. The third-order valence-corrected chi connectivity index (χ3v) is 4.94. The van der Waals surface area contributed by atoms with Gasteiger partial charge in [-0.05, 0) is 43.2 Å². The van der Waals surface area contributed by atoms with E-state index in [1.54, 1.807) is 29.2 Å². The van der Waals surface area contributed by atoms with E-state index in [2.05, 4.69) is 5.32 Å². The maximum Gasteiger partial charge on any atom is 0.229 e. The number of carbonyl (C=O) groups is 2. The summed E-state index contributed by atoms with van der Waals surface area (Å²) in [6, 6.07) is 10.9. The van der Waals surface area contributed by atoms with Crippen LogP contribution >= 0.6 is 23.2 Å². The normalized spacial score (nSPS) is 17.0. The van der Waals surface area contributed by atoms with Gasteiger partial charge in [0.05, 0.1) is 27.3 Å². The number of para-hydroxylation sites is 1. The van der Waals surface area contributed by atoms with Crippen LogP contribution in [-0.2, 0) is 9.59 Å². The van der Waals surface area contributed by atoms with Crippen molar-refractivity contribution in [1.82, 2.24) is 0 Å². The first-order valence-electron chi connectivity index (χ1n) is 7.99. The Bertz CT molecular complexity index is 828. The van der Waals surface area contributed by atoms with E-state index in [0.29, 0.717) is 28.0 Å². The Hall–Kier alpha value is -2.04. The summed E-state index contributed by atoms with van der Waals surface area (Å²) in [5, 5.41) is 3.87. The zero-order chi connectivity index (χ0) is 18.1. The Morgan fingerprint density at radius 1 is 1.16 bits per heavy atom. The van der Waals surface area contributed by atoms with E-state index in [-0.39, 0.29) is 18.2 Å². The maximum absolute atomic E-state index is 12.6. The van der Waals surface area contributed by atoms with E-state index >= 15 is 0 Å². The summed E-state index contributed by atoms with van der Waals surface area (Å²) in [6.07, 6.45) is 0.152. The van der Waals surface area contributed by atoms with Gasteiger partial charge in [-0.3, -0.25) is 9.59 Å². The average molecular weight is 377 g/mol. The van der Waals surface area contributed by atoms with Crippen LogP contribution in [0.4, 0.5) is 11.4 Å². The van der Waals surface area contributed by atoms with E-state index in [9.17, 15) is 9.59 Å². The standard InChI is InChI=1S/C19H18Cl2N2O2/c1-11-7-12(2)18(15(21)8-11)22-19(25)13-9-17(24)23(10-13)16-6-4-3-5-14(16)20/h3-8,13H,9-10H2,1-2H3,(H,22,25). The first-order valence-corrected chi connectivity index (χ1v) is 8.75. The smallest absolute Gasteiger partial charge is 0.229 e. The van der Waals surface area contributed by atoms with Crippen molar-refractivity contribution in [3.05, 3.63) is 57.6 Å². The summed E-state index contributed by atoms with van der Waals surface area (Å²) < 4.78 is 0. The molecular formula is C19H18Cl2N2O2. The second-order valence-electron chi connectivity index (χ2n) is 6.28. The number of benzene rings is 2. The van der Waals surface area contributed by atoms with Crippen LogP contribution in [0.25, 0.3) is 0 Å². The molecule has 3 rings (SSSR count). The molecule has 1 aliphatic rings. The van der Waals surface area contributed by atoms with Gasteiger partial charge in [-0.25, -0.2) is 0 Å². The number of carbonyl (C=O) groups excluding carboxylic acids is 2. The van der Waals surface area contributed by atoms with Crippen LogP contribution in [-0.4, -0.2) is 18.4 Å². The Labute approximate surface area is 156 Å². The Morgan fingerprint density at radius 2 is 1.88 bits per heavy atom. The third kappa shape index (κ3) is 3.65. The van der Waals surface area contributed by atoms with Crippen molar-refractivity contribution in [2.45, 2.75) is 20.3 Å². The highest BCUT2D eigenvalue weighted by molar-refractivity contribution is 6.34. The van der Waals surface area contributed by atoms with Gasteiger partial charge >= 0.3 is 0 Å². The molecule has 2 amide bonds. The average Bonchev–Trinajstić information content (AvgIpc) is 2.93. The van der Waals surface area contributed by atoms with Gasteiger partial charge in [-0.15, -0.1) is 0 Å². The molecule has 1 atom stereocenters. The minimum absolute atomic E-state index is 0.111. The molecule has 1 saturated heterocycles. The number of amides is 2. The number of anilines is 2. The van der Waals surface area contributed by atoms with Crippen LogP contribution < -0.4 is 10.2 Å². The molecule has 0 aliphatic carbocycles. The van der Waals surface area contributed by atoms with Crippen molar-refractivity contribution in [2.75, 3.05) is 16.8 Å². The summed E-state index contributed by atoms with van der Waals surface area (Å²) >= 11 is 12.4. The van der Waals surface area contributed by atoms with E-state index in [0.717, 1.165) is 11.1 Å². The highest BCUT2D eigenvalue weighted by atomic mass is 35.5. The van der Waals surface area contributed by atoms with Crippen LogP contribution in [0.1, 0.15) is 17.5 Å². The highest BCUT2D eigenvalue weighted by Crippen LogP contribution is 2.32. The van der Waals surface area contributed by atoms with Crippen LogP contribution in [0.2, 0.25) is 10.0 Å². The second kappa shape index (κ2) is 7.06. The summed E-state index contributed by atoms with van der Waals surface area (Å²) in [5.41, 5.74) is 3.15. The molecule has 1 fully saturated rings. The van der Waals surface area contributed by atoms with Gasteiger partial charge in [0.25, 0.3) is 0 Å². The van der Waals surface area contributed by atoms with Gasteiger partial charge in [0.2, 0.25) is 11.8 Å². The molecule has 2 aromatic rings. The predicted octanol–water partition coefficient (Wildman–Crippen LogP) is 4.60. The van der Waals surface area contributed by atoms with Gasteiger partial charge < -0.3 is 10.2 Å². The van der Waals surface area contributed by atoms with Gasteiger partial charge in [-0.2, -0.15) is 0 Å². The zero-order valence-electron chi connectivity index (χ0n) is 14.0. The SMILES string of the molecule is Cc1cc(C)c(NC(=O)C2CC(=O)N(c3ccccc3Cl)C2)c(Cl)c1. The van der Waals surface area contributed by atoms with Crippen molar-refractivity contribution in [1.29, 1.82) is 0 Å². The van der Waals surface area contributed by atoms with E-state index in [1.165, 1.54) is 0 Å². The number of aryl methyl sites for hydroxylation is 2. The molecule has 130 valence electrons. The van der Waals surface area contributed by atoms with Crippen molar-refractivity contribution < 1.29 is 9.59 Å². The van der Waals surface area contributed by atoms with E-state index in [4.69, 9.17) is 23.2 Å². The summed E-state index contributed by atoms with van der Waals surface area (Å²) in [5.74, 6) is -0.766. The highest BCUT2D eigenvalue weighted by Gasteiger charge is 2.36. The van der Waals surface area contributed by atoms with Crippen LogP contribution in [0.5, 0.6) is 0 Å². The first kappa shape index (κ1) is 17.8. The largest absolute Gasteiger partial charge is 0.324 e. The minimum Gasteiger partial charge on any atom is -0.324 e. The maximum atomic E-state index is 12.6. The van der Waals surface area contributed by atoms with Crippen LogP contribution in [0.3, 0.4) is 0 Å². The van der Waals surface area contributed by atoms with Gasteiger partial charge in [0.1, 0.15) is 0 Å². The van der Waals surface area contributed by atoms with Gasteiger partial charge in [-0.1, -0.05) is 41.4 Å². The lowest BCUT2D eigenvalue weighted by Crippen LogP contribution is -2.28. The minimum atomic E-state index is -0.444. The molecule has 0 spiro atoms. The third-order valence-electron chi connectivity index (χ3n) is 4.32. The molecule has 0 radical (unpaired) electrons. The molecule has 1 N–H and O–H groups in total. The molecule has 1 unspecified atom stereocenters. The number of hydrogen-bond donors (Lipinski definition) is 1. The fourth-order valence-corrected chi connectivity index (χ4v) is 3.69. The van der Waals surface area contributed by atoms with E-state index < -0.39 is 5.92 Å². The fourth-order valence-electron chi connectivity index (χ4n) is 3.09. The Balaban J connectivity index is 1.77. The topological polar surface area (TPSA) is 49.4 Å². The first-order chi connectivity index (χ1) is 11.9. The van der Waals surface area contributed by atoms with Crippen molar-refractivity contribution in [3.8, 4) is 0 Å². The predicted molar refractivity (Wildman–Crippen MR) is 101 cm³/mol. The molecule has 4 nitrogen and oxygen atoms in total. The number of nitrogens with zero attached hydrogens (tertiary/aromatic N) is 1. The molecule has 2 aromatic carbocycles. The Kier molecular flexibility index (Phi) is 5.02. The second-order valence-corrected chi connectivity index (χ2v) is 7.10. The molecule has 0 aromatic heterocycles. The molecule has 0 bridgehead atoms. The molecule has 25 heavy (non-hydrogen) atoms. The monoisotopic (exact) mass is 376 g/mol. The molecular weight excluding hydrogens is 359 g/mol. The van der Waals surface area contributed by atoms with E-state index in [1.807, 2.05) is 26.0 Å². The lowest BCUT2D eigenvalue weighted by molar-refractivity contribution is -0.122. The van der Waals surface area contributed by atoms with Gasteiger partial charge in [0, 0.05) is 13.0 Å². The number of halogens is 2. The quantitative estimate of drug-likeness (QED) is 0.850. The number of rotatable bonds is 3. The zero-order valence-corrected chi connectivity index (χ0v) is 15.5. The van der Waals surface area contributed by atoms with Crippen LogP contribution in [0.15, 0.2) is 36.4 Å². The lowest BCUT2D eigenvalue weighted by atomic mass is 10.1. The van der Waals surface area contributed by atoms with Crippen molar-refractivity contribution in [3.63, 3.8) is 0 Å². The molecule has 6 heteroatoms. The number of nitrogens with one attached hydrogen (secondary N) is 1. The summed E-state index contributed by atoms with van der Waals surface area (Å²) in [7, 11) is 0. The van der Waals surface area contributed by atoms with Gasteiger partial charge in [0.15, 0.2) is 0 Å². The van der Waals surface area contributed by atoms with Crippen molar-refractivity contribution in [2.24, 2.45) is 5.92 Å².